The van der Waals surface area contributed by atoms with Gasteiger partial charge >= 0.3 is 0 Å². The molecule has 0 bridgehead atoms. The van der Waals surface area contributed by atoms with Crippen LogP contribution in [-0.2, 0) is 6.54 Å². The highest BCUT2D eigenvalue weighted by atomic mass is 35.5. The van der Waals surface area contributed by atoms with E-state index in [1.54, 1.807) is 0 Å². The number of likely N-dealkylation sites (tertiary alicyclic amines) is 1. The molecule has 0 aromatic heterocycles. The SMILES string of the molecule is CCCOc1ccc(CN2CC(C)C(N)C2)cc1OCC.Cl. The van der Waals surface area contributed by atoms with Crippen molar-refractivity contribution >= 4 is 12.4 Å². The van der Waals surface area contributed by atoms with Crippen LogP contribution in [0.4, 0.5) is 0 Å². The lowest BCUT2D eigenvalue weighted by molar-refractivity contribution is 0.275. The molecule has 1 aliphatic rings. The minimum absolute atomic E-state index is 0. The highest BCUT2D eigenvalue weighted by Gasteiger charge is 2.26. The molecule has 0 saturated carbocycles. The van der Waals surface area contributed by atoms with Crippen molar-refractivity contribution in [2.45, 2.75) is 39.8 Å². The Hall–Kier alpha value is -0.970. The van der Waals surface area contributed by atoms with Gasteiger partial charge in [0.15, 0.2) is 11.5 Å². The van der Waals surface area contributed by atoms with Gasteiger partial charge in [0.1, 0.15) is 0 Å². The summed E-state index contributed by atoms with van der Waals surface area (Å²) < 4.78 is 11.5. The second kappa shape index (κ2) is 9.23. The number of hydrogen-bond acceptors (Lipinski definition) is 4. The molecule has 5 heteroatoms. The lowest BCUT2D eigenvalue weighted by Gasteiger charge is -2.17. The summed E-state index contributed by atoms with van der Waals surface area (Å²) in [5, 5.41) is 0. The summed E-state index contributed by atoms with van der Waals surface area (Å²) in [6, 6.07) is 6.55. The first-order chi connectivity index (χ1) is 10.1. The van der Waals surface area contributed by atoms with Crippen molar-refractivity contribution < 1.29 is 9.47 Å². The molecular formula is C17H29ClN2O2. The first kappa shape index (κ1) is 19.1. The zero-order valence-electron chi connectivity index (χ0n) is 13.9. The van der Waals surface area contributed by atoms with Gasteiger partial charge in [0.2, 0.25) is 0 Å². The van der Waals surface area contributed by atoms with Crippen LogP contribution in [0.3, 0.4) is 0 Å². The Balaban J connectivity index is 0.00000242. The van der Waals surface area contributed by atoms with E-state index >= 15 is 0 Å². The Morgan fingerprint density at radius 3 is 2.55 bits per heavy atom. The van der Waals surface area contributed by atoms with Crippen molar-refractivity contribution in [3.8, 4) is 11.5 Å². The Morgan fingerprint density at radius 2 is 1.95 bits per heavy atom. The van der Waals surface area contributed by atoms with E-state index in [1.807, 2.05) is 13.0 Å². The number of hydrogen-bond donors (Lipinski definition) is 1. The third-order valence-corrected chi connectivity index (χ3v) is 3.92. The van der Waals surface area contributed by atoms with E-state index in [-0.39, 0.29) is 12.4 Å². The van der Waals surface area contributed by atoms with Crippen LogP contribution in [0.2, 0.25) is 0 Å². The molecule has 0 amide bonds. The molecule has 2 atom stereocenters. The smallest absolute Gasteiger partial charge is 0.161 e. The van der Waals surface area contributed by atoms with Crippen LogP contribution in [0.1, 0.15) is 32.8 Å². The van der Waals surface area contributed by atoms with Crippen LogP contribution >= 0.6 is 12.4 Å². The van der Waals surface area contributed by atoms with Gasteiger partial charge in [-0.25, -0.2) is 0 Å². The summed E-state index contributed by atoms with van der Waals surface area (Å²) >= 11 is 0. The van der Waals surface area contributed by atoms with E-state index in [0.29, 0.717) is 18.6 Å². The summed E-state index contributed by atoms with van der Waals surface area (Å²) in [5.41, 5.74) is 7.35. The van der Waals surface area contributed by atoms with E-state index in [1.165, 1.54) is 5.56 Å². The topological polar surface area (TPSA) is 47.7 Å². The van der Waals surface area contributed by atoms with Gasteiger partial charge in [0.25, 0.3) is 0 Å². The molecule has 0 radical (unpaired) electrons. The van der Waals surface area contributed by atoms with Gasteiger partial charge in [0.05, 0.1) is 13.2 Å². The number of benzene rings is 1. The second-order valence-corrected chi connectivity index (χ2v) is 5.90. The highest BCUT2D eigenvalue weighted by molar-refractivity contribution is 5.85. The van der Waals surface area contributed by atoms with Crippen molar-refractivity contribution in [3.63, 3.8) is 0 Å². The van der Waals surface area contributed by atoms with E-state index < -0.39 is 0 Å². The van der Waals surface area contributed by atoms with Crippen LogP contribution in [0, 0.1) is 5.92 Å². The van der Waals surface area contributed by atoms with Gasteiger partial charge in [-0.1, -0.05) is 19.9 Å². The maximum atomic E-state index is 6.09. The standard InChI is InChI=1S/C17H28N2O2.ClH/c1-4-8-21-16-7-6-14(9-17(16)20-5-2)11-19-10-13(3)15(18)12-19;/h6-7,9,13,15H,4-5,8,10-12,18H2,1-3H3;1H. The molecule has 1 aliphatic heterocycles. The van der Waals surface area contributed by atoms with Crippen LogP contribution < -0.4 is 15.2 Å². The predicted octanol–water partition coefficient (Wildman–Crippen LogP) is 3.07. The number of halogens is 1. The molecule has 2 unspecified atom stereocenters. The Labute approximate surface area is 140 Å². The number of rotatable bonds is 7. The molecule has 4 nitrogen and oxygen atoms in total. The van der Waals surface area contributed by atoms with Crippen LogP contribution in [0.5, 0.6) is 11.5 Å². The molecule has 1 fully saturated rings. The third kappa shape index (κ3) is 5.04. The number of nitrogens with two attached hydrogens (primary N) is 1. The fraction of sp³-hybridized carbons (Fsp3) is 0.647. The van der Waals surface area contributed by atoms with E-state index in [9.17, 15) is 0 Å². The quantitative estimate of drug-likeness (QED) is 0.835. The third-order valence-electron chi connectivity index (χ3n) is 3.92. The monoisotopic (exact) mass is 328 g/mol. The fourth-order valence-corrected chi connectivity index (χ4v) is 2.73. The summed E-state index contributed by atoms with van der Waals surface area (Å²) in [7, 11) is 0. The molecule has 2 N–H and O–H groups in total. The zero-order valence-corrected chi connectivity index (χ0v) is 14.7. The molecule has 1 aromatic carbocycles. The molecule has 0 aliphatic carbocycles. The number of ether oxygens (including phenoxy) is 2. The Morgan fingerprint density at radius 1 is 1.18 bits per heavy atom. The van der Waals surface area contributed by atoms with Gasteiger partial charge in [-0.05, 0) is 37.0 Å². The van der Waals surface area contributed by atoms with Crippen LogP contribution in [-0.4, -0.2) is 37.2 Å². The maximum absolute atomic E-state index is 6.09. The van der Waals surface area contributed by atoms with Gasteiger partial charge in [-0.2, -0.15) is 0 Å². The van der Waals surface area contributed by atoms with Gasteiger partial charge < -0.3 is 15.2 Å². The normalized spacial score (nSPS) is 21.5. The summed E-state index contributed by atoms with van der Waals surface area (Å²) in [6.45, 7) is 10.7. The zero-order chi connectivity index (χ0) is 15.2. The highest BCUT2D eigenvalue weighted by Crippen LogP contribution is 2.29. The molecule has 1 saturated heterocycles. The largest absolute Gasteiger partial charge is 0.490 e. The van der Waals surface area contributed by atoms with Gasteiger partial charge in [0, 0.05) is 25.7 Å². The molecular weight excluding hydrogens is 300 g/mol. The molecule has 2 rings (SSSR count). The van der Waals surface area contributed by atoms with Crippen molar-refractivity contribution in [1.82, 2.24) is 4.90 Å². The van der Waals surface area contributed by atoms with E-state index in [4.69, 9.17) is 15.2 Å². The molecule has 126 valence electrons. The Bertz CT molecular complexity index is 446. The summed E-state index contributed by atoms with van der Waals surface area (Å²) in [5.74, 6) is 2.26. The minimum atomic E-state index is 0. The van der Waals surface area contributed by atoms with Crippen LogP contribution in [0.15, 0.2) is 18.2 Å². The molecule has 1 aromatic rings. The predicted molar refractivity (Wildman–Crippen MR) is 93.1 cm³/mol. The van der Waals surface area contributed by atoms with Gasteiger partial charge in [-0.3, -0.25) is 4.90 Å². The maximum Gasteiger partial charge on any atom is 0.161 e. The van der Waals surface area contributed by atoms with Crippen molar-refractivity contribution in [2.75, 3.05) is 26.3 Å². The summed E-state index contributed by atoms with van der Waals surface area (Å²) in [4.78, 5) is 2.41. The first-order valence-corrected chi connectivity index (χ1v) is 8.00. The first-order valence-electron chi connectivity index (χ1n) is 8.00. The second-order valence-electron chi connectivity index (χ2n) is 5.90. The fourth-order valence-electron chi connectivity index (χ4n) is 2.73. The van der Waals surface area contributed by atoms with E-state index in [0.717, 1.165) is 44.2 Å². The van der Waals surface area contributed by atoms with Crippen molar-refractivity contribution in [2.24, 2.45) is 11.7 Å². The lowest BCUT2D eigenvalue weighted by Crippen LogP contribution is -2.28. The van der Waals surface area contributed by atoms with Gasteiger partial charge in [-0.15, -0.1) is 12.4 Å². The Kier molecular flexibility index (Phi) is 8.01. The molecule has 1 heterocycles. The number of nitrogens with zero attached hydrogens (tertiary/aromatic N) is 1. The van der Waals surface area contributed by atoms with E-state index in [2.05, 4.69) is 30.9 Å². The van der Waals surface area contributed by atoms with Crippen molar-refractivity contribution in [3.05, 3.63) is 23.8 Å². The molecule has 0 spiro atoms. The lowest BCUT2D eigenvalue weighted by atomic mass is 10.1. The summed E-state index contributed by atoms with van der Waals surface area (Å²) in [6.07, 6.45) is 0.997. The minimum Gasteiger partial charge on any atom is -0.490 e. The molecule has 22 heavy (non-hydrogen) atoms. The van der Waals surface area contributed by atoms with Crippen molar-refractivity contribution in [1.29, 1.82) is 0 Å². The average molecular weight is 329 g/mol. The van der Waals surface area contributed by atoms with Crippen LogP contribution in [0.25, 0.3) is 0 Å². The average Bonchev–Trinajstić information content (AvgIpc) is 2.77.